The topological polar surface area (TPSA) is 221 Å². The van der Waals surface area contributed by atoms with Gasteiger partial charge in [-0.3, -0.25) is 14.4 Å². The van der Waals surface area contributed by atoms with E-state index in [0.29, 0.717) is 158 Å². The van der Waals surface area contributed by atoms with Gasteiger partial charge in [-0.05, 0) is 12.0 Å². The summed E-state index contributed by atoms with van der Waals surface area (Å²) < 4.78 is 81.0. The number of amides is 1. The lowest BCUT2D eigenvalue weighted by Gasteiger charge is -2.16. The van der Waals surface area contributed by atoms with Gasteiger partial charge < -0.3 is 81.0 Å². The molecule has 2 saturated heterocycles. The van der Waals surface area contributed by atoms with E-state index < -0.39 is 17.9 Å². The zero-order valence-corrected chi connectivity index (χ0v) is 37.5. The molecule has 3 rings (SSSR count). The second-order valence-electron chi connectivity index (χ2n) is 14.0. The molecule has 0 radical (unpaired) electrons. The fraction of sp³-hybridized carbons (Fsp3) is 0.780. The summed E-state index contributed by atoms with van der Waals surface area (Å²) in [6.07, 6.45) is 0.0179. The molecule has 1 unspecified atom stereocenters. The average Bonchev–Trinajstić information content (AvgIpc) is 4.26. The van der Waals surface area contributed by atoms with Crippen LogP contribution in [0.2, 0.25) is 0 Å². The van der Waals surface area contributed by atoms with Crippen molar-refractivity contribution in [2.75, 3.05) is 179 Å². The molecule has 0 aromatic heterocycles. The lowest BCUT2D eigenvalue weighted by atomic mass is 9.81. The van der Waals surface area contributed by atoms with Gasteiger partial charge in [0.05, 0.1) is 179 Å². The van der Waals surface area contributed by atoms with Crippen molar-refractivity contribution in [3.8, 4) is 0 Å². The molecule has 23 heteroatoms. The first kappa shape index (κ1) is 55.5. The predicted octanol–water partition coefficient (Wildman–Crippen LogP) is 0.337. The maximum atomic E-state index is 12.8. The zero-order valence-electron chi connectivity index (χ0n) is 37.5. The van der Waals surface area contributed by atoms with E-state index in [1.54, 1.807) is 4.89 Å². The van der Waals surface area contributed by atoms with E-state index in [1.807, 2.05) is 30.3 Å². The van der Waals surface area contributed by atoms with E-state index in [4.69, 9.17) is 71.0 Å². The third kappa shape index (κ3) is 31.9. The Morgan fingerprint density at radius 3 is 1.31 bits per heavy atom. The summed E-state index contributed by atoms with van der Waals surface area (Å²) >= 11 is 0. The Balaban J connectivity index is 0.945. The van der Waals surface area contributed by atoms with E-state index in [-0.39, 0.29) is 59.0 Å². The maximum Gasteiger partial charge on any atom is 0.422 e. The zero-order chi connectivity index (χ0) is 45.4. The standard InChI is InChI=1S/C41H70B2N2O19/c1-49-39(46)8-7-38(33-40(47)61-34-37-5-3-2-4-6-37)41(48)44-9-10-50-11-12-51-13-14-52-15-16-53-17-18-54-19-20-55-21-22-56-23-24-57-25-26-58-27-28-59-29-30-60-31-32-64-45(42-35-62-42)43-36-63-43/h2-6,38H,7-36H2,1H3,(H,44,48). The molecule has 0 bridgehead atoms. The van der Waals surface area contributed by atoms with Crippen LogP contribution in [-0.2, 0) is 96.7 Å². The number of methoxy groups -OCH3 is 1. The Kier molecular flexibility index (Phi) is 34.1. The number of nitrogens with one attached hydrogen (secondary N) is 1. The fourth-order valence-corrected chi connectivity index (χ4v) is 5.34. The Labute approximate surface area is 378 Å². The molecule has 1 atom stereocenters. The number of nitrogens with zero attached hydrogens (tertiary/aromatic N) is 1. The Morgan fingerprint density at radius 2 is 0.938 bits per heavy atom. The van der Waals surface area contributed by atoms with Crippen molar-refractivity contribution >= 4 is 31.9 Å². The molecule has 2 heterocycles. The summed E-state index contributed by atoms with van der Waals surface area (Å²) in [6, 6.07) is 9.24. The molecular weight excluding hydrogens is 846 g/mol. The molecule has 0 spiro atoms. The third-order valence-corrected chi connectivity index (χ3v) is 8.88. The molecule has 1 aromatic carbocycles. The van der Waals surface area contributed by atoms with Crippen LogP contribution in [0.3, 0.4) is 0 Å². The van der Waals surface area contributed by atoms with Gasteiger partial charge in [0.1, 0.15) is 6.61 Å². The number of carbonyl (C=O) groups excluding carboxylic acids is 3. The first-order valence-corrected chi connectivity index (χ1v) is 22.1. The van der Waals surface area contributed by atoms with Crippen LogP contribution in [0.25, 0.3) is 0 Å². The van der Waals surface area contributed by atoms with Crippen LogP contribution in [-0.4, -0.2) is 215 Å². The van der Waals surface area contributed by atoms with Crippen LogP contribution in [0.4, 0.5) is 0 Å². The Morgan fingerprint density at radius 1 is 0.562 bits per heavy atom. The number of carbonyl (C=O) groups is 3. The SMILES string of the molecule is COC(=O)CCC(CC(=O)OCc1ccccc1)C(=O)NCCOCCOCCOCCOCCOCCOCCOCCOCCOCCOCCOCCON(B1CO1)B1CO1. The van der Waals surface area contributed by atoms with Crippen molar-refractivity contribution in [1.29, 1.82) is 0 Å². The highest BCUT2D eigenvalue weighted by atomic mass is 16.7. The second-order valence-corrected chi connectivity index (χ2v) is 14.0. The molecule has 0 saturated carbocycles. The summed E-state index contributed by atoms with van der Waals surface area (Å²) in [5.74, 6) is -2.07. The van der Waals surface area contributed by atoms with Crippen LogP contribution in [0.5, 0.6) is 0 Å². The van der Waals surface area contributed by atoms with E-state index in [0.717, 1.165) is 5.56 Å². The molecule has 364 valence electrons. The number of ether oxygens (including phenoxy) is 13. The normalized spacial score (nSPS) is 13.7. The molecule has 2 fully saturated rings. The second kappa shape index (κ2) is 39.3. The molecule has 1 amide bonds. The van der Waals surface area contributed by atoms with Crippen molar-refractivity contribution in [3.05, 3.63) is 35.9 Å². The Bertz CT molecular complexity index is 1280. The van der Waals surface area contributed by atoms with Crippen LogP contribution >= 0.6 is 0 Å². The van der Waals surface area contributed by atoms with Crippen molar-refractivity contribution in [1.82, 2.24) is 10.2 Å². The van der Waals surface area contributed by atoms with Gasteiger partial charge >= 0.3 is 26.0 Å². The first-order valence-electron chi connectivity index (χ1n) is 22.1. The highest BCUT2D eigenvalue weighted by Crippen LogP contribution is 2.19. The van der Waals surface area contributed by atoms with Crippen molar-refractivity contribution in [2.24, 2.45) is 5.92 Å². The maximum absolute atomic E-state index is 12.8. The van der Waals surface area contributed by atoms with Gasteiger partial charge in [0, 0.05) is 18.9 Å². The quantitative estimate of drug-likeness (QED) is 0.0306. The van der Waals surface area contributed by atoms with E-state index in [9.17, 15) is 14.4 Å². The van der Waals surface area contributed by atoms with Gasteiger partial charge in [-0.2, -0.15) is 0 Å². The minimum absolute atomic E-state index is 0.0104. The minimum Gasteiger partial charge on any atom is -0.469 e. The summed E-state index contributed by atoms with van der Waals surface area (Å²) in [4.78, 5) is 44.2. The van der Waals surface area contributed by atoms with Crippen molar-refractivity contribution in [3.63, 3.8) is 0 Å². The molecule has 64 heavy (non-hydrogen) atoms. The number of hydrogen-bond donors (Lipinski definition) is 1. The summed E-state index contributed by atoms with van der Waals surface area (Å²) in [6.45, 7) is 12.0. The molecule has 2 aliphatic rings. The van der Waals surface area contributed by atoms with Crippen LogP contribution in [0.15, 0.2) is 30.3 Å². The minimum atomic E-state index is -0.736. The lowest BCUT2D eigenvalue weighted by Crippen LogP contribution is -2.37. The summed E-state index contributed by atoms with van der Waals surface area (Å²) in [5.41, 5.74) is 0.840. The van der Waals surface area contributed by atoms with E-state index in [1.165, 1.54) is 7.11 Å². The van der Waals surface area contributed by atoms with Crippen molar-refractivity contribution in [2.45, 2.75) is 25.9 Å². The number of hydrogen-bond acceptors (Lipinski definition) is 20. The monoisotopic (exact) mass is 916 g/mol. The summed E-state index contributed by atoms with van der Waals surface area (Å²) in [7, 11) is 1.30. The van der Waals surface area contributed by atoms with Crippen LogP contribution < -0.4 is 5.32 Å². The van der Waals surface area contributed by atoms with Gasteiger partial charge in [-0.25, -0.2) is 4.89 Å². The van der Waals surface area contributed by atoms with Crippen LogP contribution in [0, 0.1) is 5.92 Å². The lowest BCUT2D eigenvalue weighted by molar-refractivity contribution is -0.149. The molecule has 1 N–H and O–H groups in total. The van der Waals surface area contributed by atoms with Gasteiger partial charge in [0.15, 0.2) is 0 Å². The molecular formula is C41H70B2N2O19. The highest BCUT2D eigenvalue weighted by molar-refractivity contribution is 6.73. The number of benzene rings is 1. The molecule has 0 aliphatic carbocycles. The molecule has 1 aromatic rings. The highest BCUT2D eigenvalue weighted by Gasteiger charge is 2.51. The molecule has 2 aliphatic heterocycles. The third-order valence-electron chi connectivity index (χ3n) is 8.88. The van der Waals surface area contributed by atoms with Gasteiger partial charge in [-0.15, -0.1) is 0 Å². The smallest absolute Gasteiger partial charge is 0.422 e. The number of esters is 2. The largest absolute Gasteiger partial charge is 0.469 e. The number of rotatable bonds is 47. The first-order chi connectivity index (χ1) is 31.6. The van der Waals surface area contributed by atoms with Gasteiger partial charge in [0.25, 0.3) is 0 Å². The van der Waals surface area contributed by atoms with E-state index >= 15 is 0 Å². The van der Waals surface area contributed by atoms with Gasteiger partial charge in [0.2, 0.25) is 5.91 Å². The van der Waals surface area contributed by atoms with Crippen LogP contribution in [0.1, 0.15) is 24.8 Å². The molecule has 21 nitrogen and oxygen atoms in total. The average molecular weight is 917 g/mol. The fourth-order valence-electron chi connectivity index (χ4n) is 5.34. The van der Waals surface area contributed by atoms with Gasteiger partial charge in [-0.1, -0.05) is 30.3 Å². The summed E-state index contributed by atoms with van der Waals surface area (Å²) in [5, 5.41) is 2.76. The predicted molar refractivity (Wildman–Crippen MR) is 229 cm³/mol. The van der Waals surface area contributed by atoms with E-state index in [2.05, 4.69) is 10.1 Å². The van der Waals surface area contributed by atoms with Crippen molar-refractivity contribution < 1.29 is 90.1 Å². The Hall–Kier alpha value is -2.84.